The lowest BCUT2D eigenvalue weighted by atomic mass is 9.89. The van der Waals surface area contributed by atoms with E-state index in [9.17, 15) is 18.7 Å². The standard InChI is InChI=1S/C16H21F2N3O2/c17-11-7-10(20-13-1-2-14(22)21-16(13)23)8-12(18)15(11)9-3-5-19-6-4-9/h7-9,13-14,19-20,22H,1-6H2,(H,21,23). The van der Waals surface area contributed by atoms with Crippen LogP contribution >= 0.6 is 0 Å². The van der Waals surface area contributed by atoms with Crippen LogP contribution in [0.2, 0.25) is 0 Å². The van der Waals surface area contributed by atoms with E-state index in [1.54, 1.807) is 0 Å². The topological polar surface area (TPSA) is 73.4 Å². The van der Waals surface area contributed by atoms with Gasteiger partial charge in [-0.2, -0.15) is 0 Å². The average Bonchev–Trinajstić information content (AvgIpc) is 2.50. The van der Waals surface area contributed by atoms with Crippen molar-refractivity contribution in [3.8, 4) is 0 Å². The van der Waals surface area contributed by atoms with Crippen LogP contribution in [-0.2, 0) is 4.79 Å². The van der Waals surface area contributed by atoms with Crippen molar-refractivity contribution in [3.63, 3.8) is 0 Å². The summed E-state index contributed by atoms with van der Waals surface area (Å²) in [5.41, 5.74) is 0.384. The Labute approximate surface area is 133 Å². The Balaban J connectivity index is 1.75. The molecule has 2 aliphatic heterocycles. The van der Waals surface area contributed by atoms with Crippen molar-refractivity contribution in [2.45, 2.75) is 43.9 Å². The summed E-state index contributed by atoms with van der Waals surface area (Å²) in [7, 11) is 0. The molecule has 126 valence electrons. The van der Waals surface area contributed by atoms with Gasteiger partial charge < -0.3 is 21.1 Å². The molecule has 2 saturated heterocycles. The zero-order valence-electron chi connectivity index (χ0n) is 12.7. The maximum atomic E-state index is 14.4. The van der Waals surface area contributed by atoms with Gasteiger partial charge in [-0.15, -0.1) is 0 Å². The van der Waals surface area contributed by atoms with Gasteiger partial charge in [0.2, 0.25) is 5.91 Å². The second kappa shape index (κ2) is 6.80. The number of aliphatic hydroxyl groups excluding tert-OH is 1. The molecule has 0 aliphatic carbocycles. The first-order valence-corrected chi connectivity index (χ1v) is 7.99. The summed E-state index contributed by atoms with van der Waals surface area (Å²) in [5, 5.41) is 17.8. The summed E-state index contributed by atoms with van der Waals surface area (Å²) in [5.74, 6) is -1.63. The summed E-state index contributed by atoms with van der Waals surface area (Å²) in [6, 6.07) is 1.90. The van der Waals surface area contributed by atoms with Crippen LogP contribution in [0.25, 0.3) is 0 Å². The number of amides is 1. The van der Waals surface area contributed by atoms with E-state index in [4.69, 9.17) is 0 Å². The predicted molar refractivity (Wildman–Crippen MR) is 82.0 cm³/mol. The van der Waals surface area contributed by atoms with Gasteiger partial charge in [-0.3, -0.25) is 4.79 Å². The molecule has 0 radical (unpaired) electrons. The molecule has 1 amide bonds. The molecule has 4 N–H and O–H groups in total. The highest BCUT2D eigenvalue weighted by atomic mass is 19.1. The first kappa shape index (κ1) is 16.1. The fourth-order valence-electron chi connectivity index (χ4n) is 3.30. The third-order valence-electron chi connectivity index (χ3n) is 4.52. The summed E-state index contributed by atoms with van der Waals surface area (Å²) in [6.07, 6.45) is 1.39. The minimum atomic E-state index is -0.851. The molecule has 1 aromatic rings. The van der Waals surface area contributed by atoms with E-state index in [1.165, 1.54) is 12.1 Å². The van der Waals surface area contributed by atoms with E-state index in [2.05, 4.69) is 16.0 Å². The molecule has 2 aliphatic rings. The van der Waals surface area contributed by atoms with Crippen molar-refractivity contribution < 1.29 is 18.7 Å². The summed E-state index contributed by atoms with van der Waals surface area (Å²) >= 11 is 0. The highest BCUT2D eigenvalue weighted by molar-refractivity contribution is 5.85. The summed E-state index contributed by atoms with van der Waals surface area (Å²) in [6.45, 7) is 1.52. The van der Waals surface area contributed by atoms with Gasteiger partial charge in [0.15, 0.2) is 0 Å². The number of carbonyl (C=O) groups is 1. The van der Waals surface area contributed by atoms with Crippen LogP contribution in [0.5, 0.6) is 0 Å². The smallest absolute Gasteiger partial charge is 0.244 e. The Hall–Kier alpha value is -1.73. The lowest BCUT2D eigenvalue weighted by Crippen LogP contribution is -2.49. The number of nitrogens with one attached hydrogen (secondary N) is 3. The molecular formula is C16H21F2N3O2. The van der Waals surface area contributed by atoms with Crippen LogP contribution in [0.3, 0.4) is 0 Å². The minimum Gasteiger partial charge on any atom is -0.374 e. The summed E-state index contributed by atoms with van der Waals surface area (Å²) in [4.78, 5) is 11.8. The lowest BCUT2D eigenvalue weighted by Gasteiger charge is -2.28. The molecule has 0 bridgehead atoms. The minimum absolute atomic E-state index is 0.113. The molecule has 23 heavy (non-hydrogen) atoms. The van der Waals surface area contributed by atoms with Gasteiger partial charge in [-0.25, -0.2) is 8.78 Å². The molecule has 2 heterocycles. The number of anilines is 1. The van der Waals surface area contributed by atoms with Crippen molar-refractivity contribution in [2.24, 2.45) is 0 Å². The molecule has 0 saturated carbocycles. The van der Waals surface area contributed by atoms with E-state index < -0.39 is 23.9 Å². The van der Waals surface area contributed by atoms with Crippen molar-refractivity contribution in [1.82, 2.24) is 10.6 Å². The largest absolute Gasteiger partial charge is 0.374 e. The number of hydrogen-bond donors (Lipinski definition) is 4. The average molecular weight is 325 g/mol. The van der Waals surface area contributed by atoms with Crippen molar-refractivity contribution in [2.75, 3.05) is 18.4 Å². The number of benzene rings is 1. The number of rotatable bonds is 3. The third-order valence-corrected chi connectivity index (χ3v) is 4.52. The zero-order valence-corrected chi connectivity index (χ0v) is 12.7. The highest BCUT2D eigenvalue weighted by Gasteiger charge is 2.28. The van der Waals surface area contributed by atoms with Crippen LogP contribution in [0.15, 0.2) is 12.1 Å². The Bertz CT molecular complexity index is 568. The van der Waals surface area contributed by atoms with Crippen LogP contribution in [-0.4, -0.2) is 36.4 Å². The number of carbonyl (C=O) groups excluding carboxylic acids is 1. The van der Waals surface area contributed by atoms with Crippen LogP contribution in [0, 0.1) is 11.6 Å². The molecule has 2 fully saturated rings. The van der Waals surface area contributed by atoms with Gasteiger partial charge in [0, 0.05) is 11.3 Å². The van der Waals surface area contributed by atoms with E-state index in [-0.39, 0.29) is 23.1 Å². The maximum Gasteiger partial charge on any atom is 0.244 e. The van der Waals surface area contributed by atoms with Crippen LogP contribution in [0.4, 0.5) is 14.5 Å². The first-order chi connectivity index (χ1) is 11.0. The second-order valence-corrected chi connectivity index (χ2v) is 6.18. The molecular weight excluding hydrogens is 304 g/mol. The quantitative estimate of drug-likeness (QED) is 0.679. The Morgan fingerprint density at radius 3 is 2.35 bits per heavy atom. The van der Waals surface area contributed by atoms with E-state index in [0.717, 1.165) is 13.1 Å². The molecule has 5 nitrogen and oxygen atoms in total. The fraction of sp³-hybridized carbons (Fsp3) is 0.562. The monoisotopic (exact) mass is 325 g/mol. The maximum absolute atomic E-state index is 14.4. The molecule has 0 spiro atoms. The number of aliphatic hydroxyl groups is 1. The SMILES string of the molecule is O=C1NC(O)CCC1Nc1cc(F)c(C2CCNCC2)c(F)c1. The van der Waals surface area contributed by atoms with Crippen molar-refractivity contribution in [3.05, 3.63) is 29.3 Å². The van der Waals surface area contributed by atoms with E-state index in [0.29, 0.717) is 25.7 Å². The van der Waals surface area contributed by atoms with Gasteiger partial charge >= 0.3 is 0 Å². The van der Waals surface area contributed by atoms with Gasteiger partial charge in [0.05, 0.1) is 0 Å². The zero-order chi connectivity index (χ0) is 16.4. The second-order valence-electron chi connectivity index (χ2n) is 6.18. The lowest BCUT2D eigenvalue weighted by molar-refractivity contribution is -0.127. The van der Waals surface area contributed by atoms with Crippen molar-refractivity contribution >= 4 is 11.6 Å². The predicted octanol–water partition coefficient (Wildman–Crippen LogP) is 1.44. The molecule has 1 aromatic carbocycles. The molecule has 0 aromatic heterocycles. The number of hydrogen-bond acceptors (Lipinski definition) is 4. The fourth-order valence-corrected chi connectivity index (χ4v) is 3.30. The normalized spacial score (nSPS) is 26.0. The number of halogens is 2. The Morgan fingerprint density at radius 2 is 1.74 bits per heavy atom. The molecule has 2 unspecified atom stereocenters. The number of piperidine rings is 2. The third kappa shape index (κ3) is 3.61. The van der Waals surface area contributed by atoms with Gasteiger partial charge in [-0.1, -0.05) is 0 Å². The first-order valence-electron chi connectivity index (χ1n) is 7.99. The summed E-state index contributed by atoms with van der Waals surface area (Å²) < 4.78 is 28.7. The Kier molecular flexibility index (Phi) is 4.77. The highest BCUT2D eigenvalue weighted by Crippen LogP contribution is 2.32. The molecule has 7 heteroatoms. The Morgan fingerprint density at radius 1 is 1.09 bits per heavy atom. The van der Waals surface area contributed by atoms with Crippen LogP contribution < -0.4 is 16.0 Å². The van der Waals surface area contributed by atoms with Gasteiger partial charge in [0.25, 0.3) is 0 Å². The van der Waals surface area contributed by atoms with Gasteiger partial charge in [-0.05, 0) is 56.8 Å². The molecule has 2 atom stereocenters. The molecule has 3 rings (SSSR count). The van der Waals surface area contributed by atoms with Crippen LogP contribution in [0.1, 0.15) is 37.2 Å². The van der Waals surface area contributed by atoms with Crippen molar-refractivity contribution in [1.29, 1.82) is 0 Å². The van der Waals surface area contributed by atoms with Gasteiger partial charge in [0.1, 0.15) is 23.9 Å². The van der Waals surface area contributed by atoms with E-state index >= 15 is 0 Å². The van der Waals surface area contributed by atoms with E-state index in [1.807, 2.05) is 0 Å².